The van der Waals surface area contributed by atoms with Crippen LogP contribution in [0.25, 0.3) is 0 Å². The normalized spacial score (nSPS) is 19.0. The number of ether oxygens (including phenoxy) is 2. The summed E-state index contributed by atoms with van der Waals surface area (Å²) in [7, 11) is 0. The number of para-hydroxylation sites is 1. The summed E-state index contributed by atoms with van der Waals surface area (Å²) < 4.78 is 10.7. The highest BCUT2D eigenvalue weighted by molar-refractivity contribution is 5.98. The van der Waals surface area contributed by atoms with Crippen LogP contribution in [0.4, 0.5) is 10.5 Å². The van der Waals surface area contributed by atoms with E-state index in [0.717, 1.165) is 37.2 Å². The molecular weight excluding hydrogens is 370 g/mol. The van der Waals surface area contributed by atoms with E-state index in [1.165, 1.54) is 0 Å². The van der Waals surface area contributed by atoms with Crippen LogP contribution in [0.3, 0.4) is 0 Å². The standard InChI is InChI=1S/C22H23N3O4/c26-19(15-5-6-20-21(11-15)29-14-28-20)13-24-9-7-17(8-10-24)25-18-4-2-1-3-16(18)12-23-22(25)27/h1-6,11,17H,7-10,12-14H2,(H,23,27). The van der Waals surface area contributed by atoms with Crippen molar-refractivity contribution < 1.29 is 19.1 Å². The number of hydrogen-bond donors (Lipinski definition) is 1. The minimum Gasteiger partial charge on any atom is -0.454 e. The lowest BCUT2D eigenvalue weighted by molar-refractivity contribution is 0.0908. The van der Waals surface area contributed by atoms with Gasteiger partial charge < -0.3 is 14.8 Å². The Bertz CT molecular complexity index is 953. The van der Waals surface area contributed by atoms with Crippen molar-refractivity contribution in [1.29, 1.82) is 0 Å². The van der Waals surface area contributed by atoms with Gasteiger partial charge in [-0.2, -0.15) is 0 Å². The number of carbonyl (C=O) groups excluding carboxylic acids is 2. The maximum Gasteiger partial charge on any atom is 0.322 e. The fourth-order valence-corrected chi connectivity index (χ4v) is 4.32. The lowest BCUT2D eigenvalue weighted by Crippen LogP contribution is -2.53. The van der Waals surface area contributed by atoms with Crippen LogP contribution in [0.5, 0.6) is 11.5 Å². The number of urea groups is 1. The van der Waals surface area contributed by atoms with E-state index in [2.05, 4.69) is 16.3 Å². The summed E-state index contributed by atoms with van der Waals surface area (Å²) in [5.41, 5.74) is 2.79. The van der Waals surface area contributed by atoms with Crippen molar-refractivity contribution in [2.24, 2.45) is 0 Å². The van der Waals surface area contributed by atoms with E-state index in [4.69, 9.17) is 9.47 Å². The number of fused-ring (bicyclic) bond motifs is 2. The quantitative estimate of drug-likeness (QED) is 0.809. The zero-order valence-corrected chi connectivity index (χ0v) is 16.1. The Balaban J connectivity index is 1.22. The lowest BCUT2D eigenvalue weighted by Gasteiger charge is -2.40. The van der Waals surface area contributed by atoms with Crippen LogP contribution in [0.1, 0.15) is 28.8 Å². The number of ketones is 1. The zero-order chi connectivity index (χ0) is 19.8. The molecule has 0 aromatic heterocycles. The van der Waals surface area contributed by atoms with Gasteiger partial charge in [-0.05, 0) is 42.7 Å². The van der Waals surface area contributed by atoms with E-state index in [0.29, 0.717) is 30.2 Å². The molecule has 2 aromatic rings. The first-order valence-corrected chi connectivity index (χ1v) is 9.99. The van der Waals surface area contributed by atoms with Crippen molar-refractivity contribution in [3.63, 3.8) is 0 Å². The monoisotopic (exact) mass is 393 g/mol. The minimum absolute atomic E-state index is 0.0291. The molecular formula is C22H23N3O4. The highest BCUT2D eigenvalue weighted by Gasteiger charge is 2.33. The van der Waals surface area contributed by atoms with Crippen LogP contribution < -0.4 is 19.7 Å². The number of hydrogen-bond acceptors (Lipinski definition) is 5. The molecule has 7 nitrogen and oxygen atoms in total. The summed E-state index contributed by atoms with van der Waals surface area (Å²) in [5.74, 6) is 1.38. The largest absolute Gasteiger partial charge is 0.454 e. The molecule has 0 spiro atoms. The van der Waals surface area contributed by atoms with Gasteiger partial charge in [-0.25, -0.2) is 4.79 Å². The third-order valence-electron chi connectivity index (χ3n) is 5.88. The van der Waals surface area contributed by atoms with Gasteiger partial charge in [0, 0.05) is 31.2 Å². The Kier molecular flexibility index (Phi) is 4.60. The topological polar surface area (TPSA) is 71.1 Å². The second kappa shape index (κ2) is 7.40. The van der Waals surface area contributed by atoms with Gasteiger partial charge >= 0.3 is 6.03 Å². The zero-order valence-electron chi connectivity index (χ0n) is 16.1. The van der Waals surface area contributed by atoms with E-state index in [-0.39, 0.29) is 24.6 Å². The second-order valence-electron chi connectivity index (χ2n) is 7.66. The molecule has 0 bridgehead atoms. The van der Waals surface area contributed by atoms with Gasteiger partial charge in [0.05, 0.1) is 12.2 Å². The maximum absolute atomic E-state index is 12.7. The molecule has 29 heavy (non-hydrogen) atoms. The fraction of sp³-hybridized carbons (Fsp3) is 0.364. The summed E-state index contributed by atoms with van der Waals surface area (Å²) in [4.78, 5) is 29.3. The molecule has 5 rings (SSSR count). The number of likely N-dealkylation sites (tertiary alicyclic amines) is 1. The average molecular weight is 393 g/mol. The third-order valence-corrected chi connectivity index (χ3v) is 5.88. The number of rotatable bonds is 4. The molecule has 1 saturated heterocycles. The van der Waals surface area contributed by atoms with E-state index >= 15 is 0 Å². The second-order valence-corrected chi connectivity index (χ2v) is 7.66. The van der Waals surface area contributed by atoms with E-state index < -0.39 is 0 Å². The summed E-state index contributed by atoms with van der Waals surface area (Å²) in [6.45, 7) is 2.72. The predicted molar refractivity (Wildman–Crippen MR) is 108 cm³/mol. The Morgan fingerprint density at radius 3 is 2.72 bits per heavy atom. The van der Waals surface area contributed by atoms with Crippen molar-refractivity contribution in [3.05, 3.63) is 53.6 Å². The molecule has 0 unspecified atom stereocenters. The molecule has 1 N–H and O–H groups in total. The molecule has 0 saturated carbocycles. The molecule has 2 aromatic carbocycles. The summed E-state index contributed by atoms with van der Waals surface area (Å²) in [6, 6.07) is 13.5. The van der Waals surface area contributed by atoms with Crippen LogP contribution in [-0.2, 0) is 6.54 Å². The van der Waals surface area contributed by atoms with Crippen LogP contribution in [0.2, 0.25) is 0 Å². The van der Waals surface area contributed by atoms with E-state index in [1.807, 2.05) is 23.1 Å². The third kappa shape index (κ3) is 3.42. The van der Waals surface area contributed by atoms with Crippen molar-refractivity contribution in [2.75, 3.05) is 31.3 Å². The van der Waals surface area contributed by atoms with Gasteiger partial charge in [-0.15, -0.1) is 0 Å². The van der Waals surface area contributed by atoms with E-state index in [1.54, 1.807) is 18.2 Å². The summed E-state index contributed by atoms with van der Waals surface area (Å²) in [5, 5.41) is 2.97. The minimum atomic E-state index is -0.0291. The van der Waals surface area contributed by atoms with Gasteiger partial charge in [-0.1, -0.05) is 18.2 Å². The molecule has 0 aliphatic carbocycles. The molecule has 3 heterocycles. The Labute approximate surface area is 169 Å². The van der Waals surface area contributed by atoms with Crippen LogP contribution in [0.15, 0.2) is 42.5 Å². The highest BCUT2D eigenvalue weighted by atomic mass is 16.7. The number of anilines is 1. The SMILES string of the molecule is O=C(CN1CCC(N2C(=O)NCc3ccccc32)CC1)c1ccc2c(c1)OCO2. The number of nitrogens with one attached hydrogen (secondary N) is 1. The Hall–Kier alpha value is -3.06. The van der Waals surface area contributed by atoms with Gasteiger partial charge in [0.2, 0.25) is 6.79 Å². The van der Waals surface area contributed by atoms with Crippen molar-refractivity contribution >= 4 is 17.5 Å². The Morgan fingerprint density at radius 2 is 1.86 bits per heavy atom. The molecule has 150 valence electrons. The smallest absolute Gasteiger partial charge is 0.322 e. The van der Waals surface area contributed by atoms with Crippen molar-refractivity contribution in [3.8, 4) is 11.5 Å². The first kappa shape index (κ1) is 18.0. The summed E-state index contributed by atoms with van der Waals surface area (Å²) >= 11 is 0. The molecule has 0 radical (unpaired) electrons. The maximum atomic E-state index is 12.7. The molecule has 7 heteroatoms. The van der Waals surface area contributed by atoms with Crippen LogP contribution in [0, 0.1) is 0 Å². The van der Waals surface area contributed by atoms with Crippen LogP contribution in [-0.4, -0.2) is 49.2 Å². The number of amides is 2. The van der Waals surface area contributed by atoms with Gasteiger partial charge in [0.15, 0.2) is 17.3 Å². The molecule has 0 atom stereocenters. The van der Waals surface area contributed by atoms with Gasteiger partial charge in [0.1, 0.15) is 0 Å². The average Bonchev–Trinajstić information content (AvgIpc) is 3.22. The van der Waals surface area contributed by atoms with Crippen molar-refractivity contribution in [1.82, 2.24) is 10.2 Å². The first-order chi connectivity index (χ1) is 14.2. The molecule has 3 aliphatic rings. The first-order valence-electron chi connectivity index (χ1n) is 9.99. The molecule has 2 amide bonds. The number of Topliss-reactive ketones (excluding diaryl/α,β-unsaturated/α-hetero) is 1. The Morgan fingerprint density at radius 1 is 1.07 bits per heavy atom. The van der Waals surface area contributed by atoms with E-state index in [9.17, 15) is 9.59 Å². The number of carbonyl (C=O) groups is 2. The van der Waals surface area contributed by atoms with Gasteiger partial charge in [-0.3, -0.25) is 14.6 Å². The van der Waals surface area contributed by atoms with Gasteiger partial charge in [0.25, 0.3) is 0 Å². The summed E-state index contributed by atoms with van der Waals surface area (Å²) in [6.07, 6.45) is 1.69. The highest BCUT2D eigenvalue weighted by Crippen LogP contribution is 2.33. The van der Waals surface area contributed by atoms with Crippen LogP contribution >= 0.6 is 0 Å². The molecule has 3 aliphatic heterocycles. The van der Waals surface area contributed by atoms with Crippen molar-refractivity contribution in [2.45, 2.75) is 25.4 Å². The molecule has 1 fully saturated rings. The number of nitrogens with zero attached hydrogens (tertiary/aromatic N) is 2. The lowest BCUT2D eigenvalue weighted by atomic mass is 9.99. The number of benzene rings is 2. The predicted octanol–water partition coefficient (Wildman–Crippen LogP) is 2.79. The number of piperidine rings is 1. The fourth-order valence-electron chi connectivity index (χ4n) is 4.32.